The zero-order valence-electron chi connectivity index (χ0n) is 16.2. The largest absolute Gasteiger partial charge is 0.334 e. The van der Waals surface area contributed by atoms with Crippen molar-refractivity contribution in [3.63, 3.8) is 0 Å². The predicted molar refractivity (Wildman–Crippen MR) is 108 cm³/mol. The summed E-state index contributed by atoms with van der Waals surface area (Å²) in [4.78, 5) is 20.1. The first-order chi connectivity index (χ1) is 12.4. The van der Waals surface area contributed by atoms with Crippen LogP contribution in [-0.2, 0) is 0 Å². The topological polar surface area (TPSA) is 33.2 Å². The first-order valence-corrected chi connectivity index (χ1v) is 9.18. The highest BCUT2D eigenvalue weighted by molar-refractivity contribution is 6.07. The monoisotopic (exact) mass is 346 g/mol. The zero-order valence-corrected chi connectivity index (χ0v) is 16.2. The number of aryl methyl sites for hydroxylation is 1. The fourth-order valence-corrected chi connectivity index (χ4v) is 3.51. The molecule has 0 bridgehead atoms. The molecule has 26 heavy (non-hydrogen) atoms. The molecule has 0 atom stereocenters. The van der Waals surface area contributed by atoms with Crippen molar-refractivity contribution in [2.24, 2.45) is 0 Å². The lowest BCUT2D eigenvalue weighted by atomic mass is 10.0. The molecule has 0 aliphatic carbocycles. The summed E-state index contributed by atoms with van der Waals surface area (Å²) in [6.45, 7) is 10.3. The van der Waals surface area contributed by atoms with Crippen molar-refractivity contribution < 1.29 is 4.79 Å². The van der Waals surface area contributed by atoms with Crippen LogP contribution in [0.3, 0.4) is 0 Å². The van der Waals surface area contributed by atoms with Gasteiger partial charge in [0, 0.05) is 23.0 Å². The van der Waals surface area contributed by atoms with E-state index in [0.717, 1.165) is 27.7 Å². The first kappa shape index (κ1) is 18.1. The van der Waals surface area contributed by atoms with E-state index in [-0.39, 0.29) is 18.0 Å². The van der Waals surface area contributed by atoms with Crippen LogP contribution >= 0.6 is 0 Å². The fraction of sp³-hybridized carbons (Fsp3) is 0.304. The molecule has 1 amide bonds. The highest BCUT2D eigenvalue weighted by Gasteiger charge is 2.24. The van der Waals surface area contributed by atoms with E-state index in [1.807, 2.05) is 47.4 Å². The number of para-hydroxylation sites is 1. The van der Waals surface area contributed by atoms with Gasteiger partial charge >= 0.3 is 0 Å². The van der Waals surface area contributed by atoms with Crippen LogP contribution in [0.15, 0.2) is 54.6 Å². The Morgan fingerprint density at radius 3 is 2.27 bits per heavy atom. The van der Waals surface area contributed by atoms with E-state index in [1.54, 1.807) is 0 Å². The quantitative estimate of drug-likeness (QED) is 0.627. The second-order valence-electron chi connectivity index (χ2n) is 7.34. The molecule has 1 heterocycles. The molecule has 3 aromatic rings. The SMILES string of the molecule is Cc1cccc(-c2cc(C(=O)N(C(C)C)C(C)C)c3ccccc3n2)c1. The van der Waals surface area contributed by atoms with Crippen molar-refractivity contribution in [1.82, 2.24) is 9.88 Å². The van der Waals surface area contributed by atoms with Gasteiger partial charge in [-0.1, -0.05) is 42.0 Å². The van der Waals surface area contributed by atoms with E-state index >= 15 is 0 Å². The Bertz CT molecular complexity index is 936. The molecule has 0 aliphatic rings. The average molecular weight is 346 g/mol. The van der Waals surface area contributed by atoms with Crippen molar-refractivity contribution >= 4 is 16.8 Å². The molecule has 0 unspecified atom stereocenters. The zero-order chi connectivity index (χ0) is 18.8. The second kappa shape index (κ2) is 7.28. The highest BCUT2D eigenvalue weighted by Crippen LogP contribution is 2.27. The number of benzene rings is 2. The van der Waals surface area contributed by atoms with Gasteiger partial charge in [-0.05, 0) is 52.8 Å². The Labute approximate surface area is 155 Å². The van der Waals surface area contributed by atoms with Crippen LogP contribution in [-0.4, -0.2) is 27.9 Å². The molecule has 3 rings (SSSR count). The van der Waals surface area contributed by atoms with Crippen LogP contribution in [0, 0.1) is 6.92 Å². The van der Waals surface area contributed by atoms with Crippen LogP contribution in [0.4, 0.5) is 0 Å². The Balaban J connectivity index is 2.22. The molecule has 0 aliphatic heterocycles. The Kier molecular flexibility index (Phi) is 5.08. The Morgan fingerprint density at radius 1 is 0.923 bits per heavy atom. The summed E-state index contributed by atoms with van der Waals surface area (Å²) in [7, 11) is 0. The van der Waals surface area contributed by atoms with Gasteiger partial charge in [0.15, 0.2) is 0 Å². The molecule has 0 radical (unpaired) electrons. The number of carbonyl (C=O) groups excluding carboxylic acids is 1. The van der Waals surface area contributed by atoms with Crippen LogP contribution in [0.1, 0.15) is 43.6 Å². The third-order valence-electron chi connectivity index (χ3n) is 4.61. The van der Waals surface area contributed by atoms with Crippen molar-refractivity contribution in [2.45, 2.75) is 46.7 Å². The first-order valence-electron chi connectivity index (χ1n) is 9.18. The third kappa shape index (κ3) is 3.48. The number of hydrogen-bond acceptors (Lipinski definition) is 2. The Hall–Kier alpha value is -2.68. The number of hydrogen-bond donors (Lipinski definition) is 0. The van der Waals surface area contributed by atoms with Gasteiger partial charge in [-0.3, -0.25) is 4.79 Å². The van der Waals surface area contributed by atoms with E-state index in [0.29, 0.717) is 0 Å². The maximum absolute atomic E-state index is 13.4. The van der Waals surface area contributed by atoms with Gasteiger partial charge < -0.3 is 4.90 Å². The minimum Gasteiger partial charge on any atom is -0.334 e. The summed E-state index contributed by atoms with van der Waals surface area (Å²) in [6, 6.07) is 18.3. The van der Waals surface area contributed by atoms with Gasteiger partial charge in [-0.2, -0.15) is 0 Å². The molecule has 0 N–H and O–H groups in total. The van der Waals surface area contributed by atoms with Crippen LogP contribution in [0.25, 0.3) is 22.2 Å². The predicted octanol–water partition coefficient (Wildman–Crippen LogP) is 5.47. The lowest BCUT2D eigenvalue weighted by Crippen LogP contribution is -2.42. The number of aromatic nitrogens is 1. The van der Waals surface area contributed by atoms with E-state index in [9.17, 15) is 4.79 Å². The molecule has 2 aromatic carbocycles. The van der Waals surface area contributed by atoms with Gasteiger partial charge in [0.25, 0.3) is 5.91 Å². The maximum atomic E-state index is 13.4. The number of fused-ring (bicyclic) bond motifs is 1. The molecule has 3 heteroatoms. The van der Waals surface area contributed by atoms with Crippen molar-refractivity contribution in [2.75, 3.05) is 0 Å². The lowest BCUT2D eigenvalue weighted by molar-refractivity contribution is 0.0646. The van der Waals surface area contributed by atoms with Gasteiger partial charge in [0.1, 0.15) is 0 Å². The summed E-state index contributed by atoms with van der Waals surface area (Å²) in [6.07, 6.45) is 0. The van der Waals surface area contributed by atoms with E-state index in [2.05, 4.69) is 46.8 Å². The standard InChI is InChI=1S/C23H26N2O/c1-15(2)25(16(3)4)23(26)20-14-22(18-10-8-9-17(5)13-18)24-21-12-7-6-11-19(20)21/h6-16H,1-5H3. The molecule has 134 valence electrons. The third-order valence-corrected chi connectivity index (χ3v) is 4.61. The second-order valence-corrected chi connectivity index (χ2v) is 7.34. The molecule has 0 fully saturated rings. The van der Waals surface area contributed by atoms with Gasteiger partial charge in [0.05, 0.1) is 16.8 Å². The lowest BCUT2D eigenvalue weighted by Gasteiger charge is -2.31. The number of rotatable bonds is 4. The number of pyridine rings is 1. The number of amides is 1. The van der Waals surface area contributed by atoms with Crippen molar-refractivity contribution in [3.05, 3.63) is 65.7 Å². The van der Waals surface area contributed by atoms with E-state index < -0.39 is 0 Å². The fourth-order valence-electron chi connectivity index (χ4n) is 3.51. The molecule has 0 saturated carbocycles. The number of carbonyl (C=O) groups is 1. The smallest absolute Gasteiger partial charge is 0.255 e. The van der Waals surface area contributed by atoms with E-state index in [4.69, 9.17) is 4.98 Å². The molecule has 0 spiro atoms. The highest BCUT2D eigenvalue weighted by atomic mass is 16.2. The molecule has 3 nitrogen and oxygen atoms in total. The summed E-state index contributed by atoms with van der Waals surface area (Å²) < 4.78 is 0. The molecule has 0 saturated heterocycles. The van der Waals surface area contributed by atoms with Gasteiger partial charge in [-0.25, -0.2) is 4.98 Å². The van der Waals surface area contributed by atoms with Crippen molar-refractivity contribution in [3.8, 4) is 11.3 Å². The molecular weight excluding hydrogens is 320 g/mol. The summed E-state index contributed by atoms with van der Waals surface area (Å²) in [5.74, 6) is 0.0579. The van der Waals surface area contributed by atoms with Crippen molar-refractivity contribution in [1.29, 1.82) is 0 Å². The Morgan fingerprint density at radius 2 is 1.62 bits per heavy atom. The summed E-state index contributed by atoms with van der Waals surface area (Å²) in [5.41, 5.74) is 4.61. The maximum Gasteiger partial charge on any atom is 0.255 e. The van der Waals surface area contributed by atoms with E-state index in [1.165, 1.54) is 5.56 Å². The van der Waals surface area contributed by atoms with Crippen LogP contribution in [0.2, 0.25) is 0 Å². The molecular formula is C23H26N2O. The van der Waals surface area contributed by atoms with Gasteiger partial charge in [0.2, 0.25) is 0 Å². The van der Waals surface area contributed by atoms with Crippen LogP contribution < -0.4 is 0 Å². The summed E-state index contributed by atoms with van der Waals surface area (Å²) >= 11 is 0. The molecule has 1 aromatic heterocycles. The van der Waals surface area contributed by atoms with Gasteiger partial charge in [-0.15, -0.1) is 0 Å². The normalized spacial score (nSPS) is 11.3. The summed E-state index contributed by atoms with van der Waals surface area (Å²) in [5, 5.41) is 0.903. The minimum atomic E-state index is 0.0579. The number of nitrogens with zero attached hydrogens (tertiary/aromatic N) is 2. The minimum absolute atomic E-state index is 0.0579. The van der Waals surface area contributed by atoms with Crippen LogP contribution in [0.5, 0.6) is 0 Å². The average Bonchev–Trinajstić information content (AvgIpc) is 2.60.